The zero-order chi connectivity index (χ0) is 14.6. The highest BCUT2D eigenvalue weighted by atomic mass is 28.4. The van der Waals surface area contributed by atoms with E-state index in [4.69, 9.17) is 4.43 Å². The van der Waals surface area contributed by atoms with E-state index in [-0.39, 0.29) is 5.69 Å². The average molecular weight is 287 g/mol. The molecule has 4 nitrogen and oxygen atoms in total. The predicted molar refractivity (Wildman–Crippen MR) is 81.4 cm³/mol. The molecule has 0 aliphatic rings. The van der Waals surface area contributed by atoms with E-state index in [1.807, 2.05) is 18.2 Å². The number of nitro benzene ring substituents is 1. The molecule has 0 aliphatic heterocycles. The Bertz CT molecular complexity index is 582. The summed E-state index contributed by atoms with van der Waals surface area (Å²) in [4.78, 5) is 10.2. The van der Waals surface area contributed by atoms with Gasteiger partial charge in [-0.25, -0.2) is 0 Å². The van der Waals surface area contributed by atoms with Crippen molar-refractivity contribution in [3.05, 3.63) is 70.3 Å². The van der Waals surface area contributed by atoms with Gasteiger partial charge in [0.05, 0.1) is 11.5 Å². The highest BCUT2D eigenvalue weighted by Gasteiger charge is 2.24. The first-order valence-electron chi connectivity index (χ1n) is 6.42. The largest absolute Gasteiger partial charge is 0.409 e. The standard InChI is InChI=1S/C15H17NO3Si/c1-20(2,15-6-4-3-5-7-15)19-12-13-8-10-14(11-9-13)16(17)18/h3-11H,12H2,1-2H3. The maximum absolute atomic E-state index is 10.6. The minimum absolute atomic E-state index is 0.105. The van der Waals surface area contributed by atoms with Crippen LogP contribution in [0.5, 0.6) is 0 Å². The Balaban J connectivity index is 2.03. The molecule has 5 heteroatoms. The number of non-ortho nitro benzene ring substituents is 1. The highest BCUT2D eigenvalue weighted by Crippen LogP contribution is 2.14. The molecule has 0 amide bonds. The second-order valence-electron chi connectivity index (χ2n) is 5.09. The van der Waals surface area contributed by atoms with Gasteiger partial charge in [0.25, 0.3) is 5.69 Å². The van der Waals surface area contributed by atoms with E-state index in [0.29, 0.717) is 6.61 Å². The van der Waals surface area contributed by atoms with Crippen molar-refractivity contribution in [3.8, 4) is 0 Å². The maximum atomic E-state index is 10.6. The van der Waals surface area contributed by atoms with Gasteiger partial charge in [-0.1, -0.05) is 30.3 Å². The molecule has 0 saturated heterocycles. The number of rotatable bonds is 5. The second kappa shape index (κ2) is 5.98. The molecule has 0 aliphatic carbocycles. The van der Waals surface area contributed by atoms with Crippen LogP contribution < -0.4 is 5.19 Å². The Kier molecular flexibility index (Phi) is 4.31. The van der Waals surface area contributed by atoms with E-state index in [0.717, 1.165) is 5.56 Å². The number of nitrogens with zero attached hydrogens (tertiary/aromatic N) is 1. The van der Waals surface area contributed by atoms with Gasteiger partial charge in [-0.2, -0.15) is 0 Å². The molecule has 0 bridgehead atoms. The number of hydrogen-bond acceptors (Lipinski definition) is 3. The van der Waals surface area contributed by atoms with Gasteiger partial charge in [0.1, 0.15) is 0 Å². The van der Waals surface area contributed by atoms with Crippen LogP contribution >= 0.6 is 0 Å². The van der Waals surface area contributed by atoms with Crippen LogP contribution in [-0.4, -0.2) is 13.2 Å². The van der Waals surface area contributed by atoms with Gasteiger partial charge in [0.2, 0.25) is 8.32 Å². The summed E-state index contributed by atoms with van der Waals surface area (Å²) in [6, 6.07) is 16.7. The van der Waals surface area contributed by atoms with E-state index in [1.54, 1.807) is 12.1 Å². The molecule has 20 heavy (non-hydrogen) atoms. The van der Waals surface area contributed by atoms with Crippen LogP contribution in [0.15, 0.2) is 54.6 Å². The molecule has 0 radical (unpaired) electrons. The lowest BCUT2D eigenvalue weighted by atomic mass is 10.2. The first kappa shape index (κ1) is 14.4. The van der Waals surface area contributed by atoms with Crippen molar-refractivity contribution in [2.75, 3.05) is 0 Å². The zero-order valence-corrected chi connectivity index (χ0v) is 12.6. The maximum Gasteiger partial charge on any atom is 0.269 e. The minimum Gasteiger partial charge on any atom is -0.409 e. The molecule has 0 spiro atoms. The Morgan fingerprint density at radius 3 is 2.20 bits per heavy atom. The molecule has 2 rings (SSSR count). The van der Waals surface area contributed by atoms with Gasteiger partial charge in [-0.3, -0.25) is 10.1 Å². The van der Waals surface area contributed by atoms with Crippen LogP contribution in [0.2, 0.25) is 13.1 Å². The molecule has 0 atom stereocenters. The van der Waals surface area contributed by atoms with Crippen molar-refractivity contribution in [1.82, 2.24) is 0 Å². The fourth-order valence-corrected chi connectivity index (χ4v) is 3.59. The van der Waals surface area contributed by atoms with Gasteiger partial charge < -0.3 is 4.43 Å². The molecular formula is C15H17NO3Si. The Morgan fingerprint density at radius 1 is 1.05 bits per heavy atom. The summed E-state index contributed by atoms with van der Waals surface area (Å²) < 4.78 is 6.07. The Hall–Kier alpha value is -1.98. The Labute approximate surface area is 119 Å². The van der Waals surface area contributed by atoms with Crippen LogP contribution in [-0.2, 0) is 11.0 Å². The topological polar surface area (TPSA) is 52.4 Å². The molecule has 0 aromatic heterocycles. The van der Waals surface area contributed by atoms with E-state index in [9.17, 15) is 10.1 Å². The fraction of sp³-hybridized carbons (Fsp3) is 0.200. The fourth-order valence-electron chi connectivity index (χ4n) is 1.90. The quantitative estimate of drug-likeness (QED) is 0.482. The summed E-state index contributed by atoms with van der Waals surface area (Å²) in [5.74, 6) is 0. The van der Waals surface area contributed by atoms with Gasteiger partial charge in [-0.05, 0) is 36.0 Å². The molecule has 0 N–H and O–H groups in total. The van der Waals surface area contributed by atoms with Crippen LogP contribution in [0.3, 0.4) is 0 Å². The van der Waals surface area contributed by atoms with Crippen LogP contribution in [0.4, 0.5) is 5.69 Å². The van der Waals surface area contributed by atoms with Crippen LogP contribution in [0, 0.1) is 10.1 Å². The third-order valence-corrected chi connectivity index (χ3v) is 5.81. The smallest absolute Gasteiger partial charge is 0.269 e. The summed E-state index contributed by atoms with van der Waals surface area (Å²) >= 11 is 0. The first-order chi connectivity index (χ1) is 9.49. The van der Waals surface area contributed by atoms with Gasteiger partial charge in [-0.15, -0.1) is 0 Å². The lowest BCUT2D eigenvalue weighted by Gasteiger charge is -2.23. The summed E-state index contributed by atoms with van der Waals surface area (Å²) in [6.45, 7) is 4.77. The molecule has 104 valence electrons. The molecule has 2 aromatic carbocycles. The average Bonchev–Trinajstić information content (AvgIpc) is 2.46. The molecule has 0 unspecified atom stereocenters. The van der Waals surface area contributed by atoms with Crippen LogP contribution in [0.25, 0.3) is 0 Å². The molecule has 2 aromatic rings. The lowest BCUT2D eigenvalue weighted by Crippen LogP contribution is -2.44. The van der Waals surface area contributed by atoms with Gasteiger partial charge in [0.15, 0.2) is 0 Å². The van der Waals surface area contributed by atoms with E-state index in [1.165, 1.54) is 17.3 Å². The third kappa shape index (κ3) is 3.52. The molecular weight excluding hydrogens is 270 g/mol. The van der Waals surface area contributed by atoms with Crippen molar-refractivity contribution in [3.63, 3.8) is 0 Å². The molecule has 0 fully saturated rings. The van der Waals surface area contributed by atoms with Gasteiger partial charge in [0, 0.05) is 12.1 Å². The lowest BCUT2D eigenvalue weighted by molar-refractivity contribution is -0.384. The summed E-state index contributed by atoms with van der Waals surface area (Å²) in [7, 11) is -1.93. The first-order valence-corrected chi connectivity index (χ1v) is 9.33. The number of nitro groups is 1. The SMILES string of the molecule is C[Si](C)(OCc1ccc([N+](=O)[O-])cc1)c1ccccc1. The van der Waals surface area contributed by atoms with Crippen molar-refractivity contribution in [2.45, 2.75) is 19.7 Å². The molecule has 0 saturated carbocycles. The van der Waals surface area contributed by atoms with E-state index < -0.39 is 13.2 Å². The van der Waals surface area contributed by atoms with Crippen molar-refractivity contribution in [1.29, 1.82) is 0 Å². The highest BCUT2D eigenvalue weighted by molar-refractivity contribution is 6.84. The summed E-state index contributed by atoms with van der Waals surface area (Å²) in [5, 5.41) is 11.8. The summed E-state index contributed by atoms with van der Waals surface area (Å²) in [6.07, 6.45) is 0. The van der Waals surface area contributed by atoms with E-state index >= 15 is 0 Å². The van der Waals surface area contributed by atoms with Crippen molar-refractivity contribution < 1.29 is 9.35 Å². The minimum atomic E-state index is -1.93. The predicted octanol–water partition coefficient (Wildman–Crippen LogP) is 3.22. The number of hydrogen-bond donors (Lipinski definition) is 0. The number of benzene rings is 2. The van der Waals surface area contributed by atoms with Crippen molar-refractivity contribution in [2.24, 2.45) is 0 Å². The van der Waals surface area contributed by atoms with Gasteiger partial charge >= 0.3 is 0 Å². The van der Waals surface area contributed by atoms with Crippen LogP contribution in [0.1, 0.15) is 5.56 Å². The molecule has 0 heterocycles. The third-order valence-electron chi connectivity index (χ3n) is 3.22. The monoisotopic (exact) mass is 287 g/mol. The van der Waals surface area contributed by atoms with E-state index in [2.05, 4.69) is 25.2 Å². The second-order valence-corrected chi connectivity index (χ2v) is 8.98. The zero-order valence-electron chi connectivity index (χ0n) is 11.6. The normalized spacial score (nSPS) is 11.3. The Morgan fingerprint density at radius 2 is 1.65 bits per heavy atom. The summed E-state index contributed by atoms with van der Waals surface area (Å²) in [5.41, 5.74) is 1.06. The van der Waals surface area contributed by atoms with Crippen molar-refractivity contribution >= 4 is 19.2 Å².